The smallest absolute Gasteiger partial charge is 0.296 e. The van der Waals surface area contributed by atoms with Gasteiger partial charge in [-0.2, -0.15) is 0 Å². The summed E-state index contributed by atoms with van der Waals surface area (Å²) >= 11 is 0. The van der Waals surface area contributed by atoms with Crippen molar-refractivity contribution in [2.75, 3.05) is 6.54 Å². The van der Waals surface area contributed by atoms with Gasteiger partial charge in [-0.15, -0.1) is 0 Å². The Balaban J connectivity index is 2.50. The molecule has 0 radical (unpaired) electrons. The first-order chi connectivity index (χ1) is 7.66. The first-order valence-electron chi connectivity index (χ1n) is 5.01. The molecule has 0 spiro atoms. The Kier molecular flexibility index (Phi) is 2.48. The second kappa shape index (κ2) is 3.81. The number of amides is 2. The highest BCUT2D eigenvalue weighted by atomic mass is 16.3. The lowest BCUT2D eigenvalue weighted by Crippen LogP contribution is -2.31. The maximum Gasteiger partial charge on any atom is 0.296 e. The van der Waals surface area contributed by atoms with Crippen LogP contribution in [-0.2, 0) is 9.59 Å². The molecule has 4 heteroatoms. The highest BCUT2D eigenvalue weighted by Gasteiger charge is 2.37. The number of aliphatic hydroxyl groups excluding tert-OH is 1. The van der Waals surface area contributed by atoms with E-state index in [1.807, 2.05) is 0 Å². The largest absolute Gasteiger partial charge is 0.502 e. The predicted molar refractivity (Wildman–Crippen MR) is 58.4 cm³/mol. The normalized spacial score (nSPS) is 16.2. The zero-order chi connectivity index (χ0) is 11.7. The molecular weight excluding hydrogens is 206 g/mol. The molecule has 1 aromatic rings. The minimum Gasteiger partial charge on any atom is -0.502 e. The molecule has 0 saturated carbocycles. The van der Waals surface area contributed by atoms with Crippen molar-refractivity contribution in [3.05, 3.63) is 41.7 Å². The number of likely N-dealkylation sites (N-methyl/N-ethyl adjacent to an activating group) is 1. The fourth-order valence-electron chi connectivity index (χ4n) is 1.72. The minimum absolute atomic E-state index is 0.0902. The van der Waals surface area contributed by atoms with Crippen LogP contribution >= 0.6 is 0 Å². The van der Waals surface area contributed by atoms with Gasteiger partial charge in [0.05, 0.1) is 5.57 Å². The minimum atomic E-state index is -0.619. The van der Waals surface area contributed by atoms with Gasteiger partial charge in [0.2, 0.25) is 0 Å². The Morgan fingerprint density at radius 3 is 2.25 bits per heavy atom. The third kappa shape index (κ3) is 1.39. The molecular formula is C12H11NO3. The molecule has 1 aliphatic rings. The van der Waals surface area contributed by atoms with Crippen molar-refractivity contribution >= 4 is 17.4 Å². The van der Waals surface area contributed by atoms with Crippen LogP contribution in [0.4, 0.5) is 0 Å². The van der Waals surface area contributed by atoms with Gasteiger partial charge in [0.1, 0.15) is 0 Å². The lowest BCUT2D eigenvalue weighted by molar-refractivity contribution is -0.137. The van der Waals surface area contributed by atoms with Crippen LogP contribution in [0.25, 0.3) is 5.57 Å². The zero-order valence-corrected chi connectivity index (χ0v) is 8.80. The number of aliphatic hydroxyl groups is 1. The monoisotopic (exact) mass is 217 g/mol. The van der Waals surface area contributed by atoms with Crippen LogP contribution in [0, 0.1) is 0 Å². The predicted octanol–water partition coefficient (Wildman–Crippen LogP) is 1.34. The Labute approximate surface area is 92.8 Å². The van der Waals surface area contributed by atoms with Crippen LogP contribution in [0.3, 0.4) is 0 Å². The molecule has 2 amide bonds. The van der Waals surface area contributed by atoms with Crippen molar-refractivity contribution in [2.45, 2.75) is 6.92 Å². The number of benzene rings is 1. The van der Waals surface area contributed by atoms with Gasteiger partial charge in [-0.05, 0) is 12.5 Å². The molecule has 1 aromatic carbocycles. The summed E-state index contributed by atoms with van der Waals surface area (Å²) in [4.78, 5) is 24.4. The molecule has 4 nitrogen and oxygen atoms in total. The Bertz CT molecular complexity index is 476. The second-order valence-electron chi connectivity index (χ2n) is 3.44. The van der Waals surface area contributed by atoms with E-state index in [9.17, 15) is 14.7 Å². The van der Waals surface area contributed by atoms with Gasteiger partial charge in [0.25, 0.3) is 11.8 Å². The van der Waals surface area contributed by atoms with Gasteiger partial charge in [0.15, 0.2) is 5.76 Å². The van der Waals surface area contributed by atoms with Crippen LogP contribution < -0.4 is 0 Å². The molecule has 1 N–H and O–H groups in total. The fraction of sp³-hybridized carbons (Fsp3) is 0.167. The molecule has 0 bridgehead atoms. The van der Waals surface area contributed by atoms with Crippen molar-refractivity contribution < 1.29 is 14.7 Å². The van der Waals surface area contributed by atoms with E-state index in [1.165, 1.54) is 0 Å². The Morgan fingerprint density at radius 1 is 1.12 bits per heavy atom. The van der Waals surface area contributed by atoms with Crippen molar-refractivity contribution in [3.8, 4) is 0 Å². The number of nitrogens with zero attached hydrogens (tertiary/aromatic N) is 1. The number of rotatable bonds is 2. The number of hydrogen-bond donors (Lipinski definition) is 1. The van der Waals surface area contributed by atoms with Gasteiger partial charge >= 0.3 is 0 Å². The van der Waals surface area contributed by atoms with Crippen LogP contribution in [0.5, 0.6) is 0 Å². The number of carbonyl (C=O) groups excluding carboxylic acids is 2. The summed E-state index contributed by atoms with van der Waals surface area (Å²) in [7, 11) is 0. The molecule has 0 unspecified atom stereocenters. The molecule has 1 aliphatic heterocycles. The summed E-state index contributed by atoms with van der Waals surface area (Å²) in [6.07, 6.45) is 0. The maximum absolute atomic E-state index is 11.8. The number of carbonyl (C=O) groups is 2. The summed E-state index contributed by atoms with van der Waals surface area (Å²) in [5.41, 5.74) is 0.654. The van der Waals surface area contributed by atoms with Crippen molar-refractivity contribution in [1.29, 1.82) is 0 Å². The van der Waals surface area contributed by atoms with Gasteiger partial charge in [-0.25, -0.2) is 0 Å². The third-order valence-electron chi connectivity index (χ3n) is 2.52. The van der Waals surface area contributed by atoms with Crippen molar-refractivity contribution in [2.24, 2.45) is 0 Å². The molecule has 0 aromatic heterocycles. The zero-order valence-electron chi connectivity index (χ0n) is 8.80. The summed E-state index contributed by atoms with van der Waals surface area (Å²) in [6.45, 7) is 1.95. The first kappa shape index (κ1) is 10.4. The summed E-state index contributed by atoms with van der Waals surface area (Å²) in [5.74, 6) is -1.51. The van der Waals surface area contributed by atoms with Crippen LogP contribution in [0.15, 0.2) is 36.1 Å². The molecule has 0 atom stereocenters. The highest BCUT2D eigenvalue weighted by molar-refractivity contribution is 6.34. The van der Waals surface area contributed by atoms with E-state index in [1.54, 1.807) is 37.3 Å². The maximum atomic E-state index is 11.8. The second-order valence-corrected chi connectivity index (χ2v) is 3.44. The van der Waals surface area contributed by atoms with Gasteiger partial charge in [-0.1, -0.05) is 30.3 Å². The van der Waals surface area contributed by atoms with E-state index in [-0.39, 0.29) is 12.1 Å². The van der Waals surface area contributed by atoms with E-state index < -0.39 is 17.6 Å². The Morgan fingerprint density at radius 2 is 1.75 bits per heavy atom. The van der Waals surface area contributed by atoms with E-state index in [2.05, 4.69) is 0 Å². The van der Waals surface area contributed by atoms with Gasteiger partial charge in [-0.3, -0.25) is 14.5 Å². The summed E-state index contributed by atoms with van der Waals surface area (Å²) < 4.78 is 0. The van der Waals surface area contributed by atoms with Crippen molar-refractivity contribution in [1.82, 2.24) is 4.90 Å². The van der Waals surface area contributed by atoms with E-state index in [0.717, 1.165) is 4.90 Å². The van der Waals surface area contributed by atoms with Gasteiger partial charge in [0, 0.05) is 6.54 Å². The molecule has 0 saturated heterocycles. The topological polar surface area (TPSA) is 57.6 Å². The van der Waals surface area contributed by atoms with Crippen LogP contribution in [0.1, 0.15) is 12.5 Å². The highest BCUT2D eigenvalue weighted by Crippen LogP contribution is 2.27. The van der Waals surface area contributed by atoms with E-state index >= 15 is 0 Å². The lowest BCUT2D eigenvalue weighted by Gasteiger charge is -2.10. The van der Waals surface area contributed by atoms with E-state index in [4.69, 9.17) is 0 Å². The van der Waals surface area contributed by atoms with Crippen LogP contribution in [0.2, 0.25) is 0 Å². The SMILES string of the molecule is CCN1C(=O)C(O)=C(c2ccccc2)C1=O. The summed E-state index contributed by atoms with van der Waals surface area (Å²) in [6, 6.07) is 8.69. The average Bonchev–Trinajstić information content (AvgIpc) is 2.51. The molecule has 2 rings (SSSR count). The lowest BCUT2D eigenvalue weighted by atomic mass is 10.1. The van der Waals surface area contributed by atoms with E-state index in [0.29, 0.717) is 5.56 Å². The molecule has 0 aliphatic carbocycles. The number of hydrogen-bond acceptors (Lipinski definition) is 3. The molecule has 1 heterocycles. The fourth-order valence-corrected chi connectivity index (χ4v) is 1.72. The van der Waals surface area contributed by atoms with Crippen molar-refractivity contribution in [3.63, 3.8) is 0 Å². The standard InChI is InChI=1S/C12H11NO3/c1-2-13-11(15)9(10(14)12(13)16)8-6-4-3-5-7-8/h3-7,14H,2H2,1H3. The first-order valence-corrected chi connectivity index (χ1v) is 5.01. The molecule has 16 heavy (non-hydrogen) atoms. The summed E-state index contributed by atoms with van der Waals surface area (Å²) in [5, 5.41) is 9.65. The number of imide groups is 1. The Hall–Kier alpha value is -2.10. The molecule has 82 valence electrons. The van der Waals surface area contributed by atoms with Gasteiger partial charge < -0.3 is 5.11 Å². The average molecular weight is 217 g/mol. The quantitative estimate of drug-likeness (QED) is 0.760. The molecule has 0 fully saturated rings. The van der Waals surface area contributed by atoms with Crippen LogP contribution in [-0.4, -0.2) is 28.4 Å². The third-order valence-corrected chi connectivity index (χ3v) is 2.52.